The van der Waals surface area contributed by atoms with E-state index < -0.39 is 0 Å². The van der Waals surface area contributed by atoms with Crippen LogP contribution in [0.2, 0.25) is 0 Å². The van der Waals surface area contributed by atoms with Gasteiger partial charge in [-0.3, -0.25) is 9.20 Å². The van der Waals surface area contributed by atoms with Gasteiger partial charge in [-0.2, -0.15) is 0 Å². The monoisotopic (exact) mass is 289 g/mol. The number of rotatable bonds is 2. The van der Waals surface area contributed by atoms with Crippen LogP contribution in [0.25, 0.3) is 5.65 Å². The summed E-state index contributed by atoms with van der Waals surface area (Å²) in [5.41, 5.74) is 2.36. The summed E-state index contributed by atoms with van der Waals surface area (Å²) in [7, 11) is 0. The molecule has 6 nitrogen and oxygen atoms in total. The maximum atomic E-state index is 12.8. The number of carbonyl (C=O) groups excluding carboxylic acids is 1. The summed E-state index contributed by atoms with van der Waals surface area (Å²) in [6.45, 7) is 4.68. The van der Waals surface area contributed by atoms with Gasteiger partial charge < -0.3 is 14.7 Å². The van der Waals surface area contributed by atoms with Crippen LogP contribution in [0.15, 0.2) is 24.5 Å². The van der Waals surface area contributed by atoms with Crippen molar-refractivity contribution in [2.24, 2.45) is 0 Å². The number of aromatic nitrogens is 2. The number of ether oxygens (including phenoxy) is 1. The number of aryl methyl sites for hydroxylation is 1. The summed E-state index contributed by atoms with van der Waals surface area (Å²) in [5, 5.41) is 9.24. The molecule has 1 fully saturated rings. The number of aliphatic hydroxyl groups excluding tert-OH is 1. The summed E-state index contributed by atoms with van der Waals surface area (Å²) >= 11 is 0. The summed E-state index contributed by atoms with van der Waals surface area (Å²) in [6, 6.07) is 3.84. The third kappa shape index (κ3) is 2.52. The van der Waals surface area contributed by atoms with Crippen LogP contribution in [0, 0.1) is 6.92 Å². The summed E-state index contributed by atoms with van der Waals surface area (Å²) in [6.07, 6.45) is 3.20. The fraction of sp³-hybridized carbons (Fsp3) is 0.467. The summed E-state index contributed by atoms with van der Waals surface area (Å²) in [4.78, 5) is 18.8. The predicted molar refractivity (Wildman–Crippen MR) is 77.3 cm³/mol. The molecule has 0 bridgehead atoms. The van der Waals surface area contributed by atoms with Crippen LogP contribution in [0.4, 0.5) is 0 Å². The Kier molecular flexibility index (Phi) is 3.65. The molecule has 1 N–H and O–H groups in total. The van der Waals surface area contributed by atoms with E-state index in [-0.39, 0.29) is 24.7 Å². The van der Waals surface area contributed by atoms with Gasteiger partial charge in [0.1, 0.15) is 11.3 Å². The predicted octanol–water partition coefficient (Wildman–Crippen LogP) is 0.865. The van der Waals surface area contributed by atoms with Crippen molar-refractivity contribution >= 4 is 11.6 Å². The van der Waals surface area contributed by atoms with Crippen LogP contribution >= 0.6 is 0 Å². The lowest BCUT2D eigenvalue weighted by molar-refractivity contribution is -0.0669. The number of amides is 1. The van der Waals surface area contributed by atoms with Crippen molar-refractivity contribution in [1.82, 2.24) is 14.3 Å². The minimum absolute atomic E-state index is 0.0179. The van der Waals surface area contributed by atoms with Gasteiger partial charge in [0.2, 0.25) is 0 Å². The third-order valence-electron chi connectivity index (χ3n) is 3.84. The zero-order chi connectivity index (χ0) is 15.0. The molecule has 0 aliphatic carbocycles. The molecule has 112 valence electrons. The Labute approximate surface area is 123 Å². The summed E-state index contributed by atoms with van der Waals surface area (Å²) in [5.74, 6) is -0.0812. The fourth-order valence-corrected chi connectivity index (χ4v) is 2.60. The van der Waals surface area contributed by atoms with Gasteiger partial charge in [-0.25, -0.2) is 4.98 Å². The second-order valence-corrected chi connectivity index (χ2v) is 5.52. The molecule has 3 rings (SSSR count). The molecule has 0 aromatic carbocycles. The van der Waals surface area contributed by atoms with E-state index in [1.807, 2.05) is 36.6 Å². The quantitative estimate of drug-likeness (QED) is 0.890. The first-order valence-electron chi connectivity index (χ1n) is 7.07. The fourth-order valence-electron chi connectivity index (χ4n) is 2.60. The molecule has 1 saturated heterocycles. The highest BCUT2D eigenvalue weighted by Gasteiger charge is 2.31. The molecule has 2 unspecified atom stereocenters. The van der Waals surface area contributed by atoms with Crippen molar-refractivity contribution in [2.75, 3.05) is 19.8 Å². The molecule has 2 aromatic heterocycles. The van der Waals surface area contributed by atoms with Crippen molar-refractivity contribution in [3.8, 4) is 0 Å². The van der Waals surface area contributed by atoms with E-state index in [0.717, 1.165) is 11.2 Å². The van der Waals surface area contributed by atoms with Gasteiger partial charge in [-0.05, 0) is 25.5 Å². The normalized spacial score (nSPS) is 22.7. The van der Waals surface area contributed by atoms with E-state index >= 15 is 0 Å². The van der Waals surface area contributed by atoms with Gasteiger partial charge in [0.25, 0.3) is 5.91 Å². The highest BCUT2D eigenvalue weighted by molar-refractivity contribution is 5.93. The molecule has 1 aliphatic heterocycles. The second kappa shape index (κ2) is 5.46. The molecule has 6 heteroatoms. The number of nitrogens with zero attached hydrogens (tertiary/aromatic N) is 3. The van der Waals surface area contributed by atoms with Gasteiger partial charge in [0.05, 0.1) is 31.6 Å². The lowest BCUT2D eigenvalue weighted by Crippen LogP contribution is -2.52. The molecule has 21 heavy (non-hydrogen) atoms. The third-order valence-corrected chi connectivity index (χ3v) is 3.84. The first-order chi connectivity index (χ1) is 10.1. The minimum atomic E-state index is -0.314. The topological polar surface area (TPSA) is 67.1 Å². The molecule has 3 heterocycles. The zero-order valence-electron chi connectivity index (χ0n) is 12.2. The molecule has 0 spiro atoms. The van der Waals surface area contributed by atoms with E-state index in [1.165, 1.54) is 0 Å². The Morgan fingerprint density at radius 3 is 3.10 bits per heavy atom. The number of morpholine rings is 1. The van der Waals surface area contributed by atoms with Crippen LogP contribution in [0.3, 0.4) is 0 Å². The lowest BCUT2D eigenvalue weighted by Gasteiger charge is -2.37. The number of hydrogen-bond acceptors (Lipinski definition) is 4. The Morgan fingerprint density at radius 1 is 1.52 bits per heavy atom. The smallest absolute Gasteiger partial charge is 0.272 e. The highest BCUT2D eigenvalue weighted by atomic mass is 16.5. The molecule has 0 radical (unpaired) electrons. The van der Waals surface area contributed by atoms with Crippen LogP contribution in [0.1, 0.15) is 23.0 Å². The Hall–Kier alpha value is -1.92. The molecule has 2 atom stereocenters. The van der Waals surface area contributed by atoms with Crippen LogP contribution < -0.4 is 0 Å². The van der Waals surface area contributed by atoms with Crippen molar-refractivity contribution in [3.63, 3.8) is 0 Å². The number of aliphatic hydroxyl groups is 1. The largest absolute Gasteiger partial charge is 0.394 e. The van der Waals surface area contributed by atoms with Crippen LogP contribution in [0.5, 0.6) is 0 Å². The molecule has 1 aliphatic rings. The maximum Gasteiger partial charge on any atom is 0.272 e. The second-order valence-electron chi connectivity index (χ2n) is 5.52. The van der Waals surface area contributed by atoms with E-state index in [0.29, 0.717) is 18.8 Å². The van der Waals surface area contributed by atoms with Crippen molar-refractivity contribution in [2.45, 2.75) is 26.0 Å². The van der Waals surface area contributed by atoms with Gasteiger partial charge in [0.15, 0.2) is 0 Å². The maximum absolute atomic E-state index is 12.8. The Bertz CT molecular complexity index is 667. The van der Waals surface area contributed by atoms with Crippen molar-refractivity contribution in [3.05, 3.63) is 35.8 Å². The molecule has 2 aromatic rings. The molecule has 1 amide bonds. The number of carbonyl (C=O) groups is 1. The van der Waals surface area contributed by atoms with Gasteiger partial charge in [-0.1, -0.05) is 6.07 Å². The SMILES string of the molecule is Cc1ccc2ncc(C(=O)N3CC(CO)OCC3C)n2c1. The highest BCUT2D eigenvalue weighted by Crippen LogP contribution is 2.17. The molecular formula is C15H19N3O3. The van der Waals surface area contributed by atoms with E-state index in [4.69, 9.17) is 4.74 Å². The van der Waals surface area contributed by atoms with Crippen molar-refractivity contribution < 1.29 is 14.6 Å². The van der Waals surface area contributed by atoms with Crippen LogP contribution in [-0.2, 0) is 4.74 Å². The zero-order valence-corrected chi connectivity index (χ0v) is 12.2. The molecular weight excluding hydrogens is 270 g/mol. The van der Waals surface area contributed by atoms with E-state index in [2.05, 4.69) is 4.98 Å². The van der Waals surface area contributed by atoms with E-state index in [1.54, 1.807) is 11.1 Å². The first kappa shape index (κ1) is 14.0. The Balaban J connectivity index is 1.94. The first-order valence-corrected chi connectivity index (χ1v) is 7.07. The summed E-state index contributed by atoms with van der Waals surface area (Å²) < 4.78 is 7.29. The number of imidazole rings is 1. The number of fused-ring (bicyclic) bond motifs is 1. The van der Waals surface area contributed by atoms with Gasteiger partial charge >= 0.3 is 0 Å². The average Bonchev–Trinajstić information content (AvgIpc) is 2.90. The van der Waals surface area contributed by atoms with Gasteiger partial charge in [0, 0.05) is 12.7 Å². The van der Waals surface area contributed by atoms with Crippen molar-refractivity contribution in [1.29, 1.82) is 0 Å². The van der Waals surface area contributed by atoms with E-state index in [9.17, 15) is 9.90 Å². The van der Waals surface area contributed by atoms with Gasteiger partial charge in [-0.15, -0.1) is 0 Å². The minimum Gasteiger partial charge on any atom is -0.394 e. The lowest BCUT2D eigenvalue weighted by atomic mass is 10.2. The molecule has 0 saturated carbocycles. The Morgan fingerprint density at radius 2 is 2.33 bits per heavy atom. The standard InChI is InChI=1S/C15H19N3O3/c1-10-3-4-14-16-5-13(18(14)6-10)15(20)17-7-12(8-19)21-9-11(17)2/h3-6,11-12,19H,7-9H2,1-2H3. The average molecular weight is 289 g/mol. The van der Waals surface area contributed by atoms with Crippen LogP contribution in [-0.4, -0.2) is 57.2 Å². The number of pyridine rings is 1. The number of hydrogen-bond donors (Lipinski definition) is 1.